The average molecular weight is 344 g/mol. The number of amides is 1. The molecule has 2 rings (SSSR count). The second-order valence-corrected chi connectivity index (χ2v) is 5.36. The Morgan fingerprint density at radius 2 is 1.83 bits per heavy atom. The lowest BCUT2D eigenvalue weighted by Crippen LogP contribution is -2.37. The lowest BCUT2D eigenvalue weighted by atomic mass is 10.0. The molecule has 0 saturated carbocycles. The molecule has 0 aromatic heterocycles. The first kappa shape index (κ1) is 17.3. The summed E-state index contributed by atoms with van der Waals surface area (Å²) >= 11 is 5.72. The predicted molar refractivity (Wildman–Crippen MR) is 79.7 cm³/mol. The molecule has 0 spiro atoms. The minimum absolute atomic E-state index is 0.0870. The molecular formula is C16H13ClF3NO2. The van der Waals surface area contributed by atoms with E-state index in [9.17, 15) is 23.1 Å². The maximum Gasteiger partial charge on any atom is 0.253 e. The number of aliphatic hydroxyl groups is 1. The van der Waals surface area contributed by atoms with Crippen LogP contribution in [-0.2, 0) is 0 Å². The molecule has 7 heteroatoms. The van der Waals surface area contributed by atoms with Crippen LogP contribution in [0.5, 0.6) is 0 Å². The van der Waals surface area contributed by atoms with Crippen molar-refractivity contribution >= 4 is 17.5 Å². The molecular weight excluding hydrogens is 331 g/mol. The molecule has 2 atom stereocenters. The van der Waals surface area contributed by atoms with Crippen LogP contribution in [0.25, 0.3) is 0 Å². The Labute approximate surface area is 135 Å². The topological polar surface area (TPSA) is 49.3 Å². The third-order valence-electron chi connectivity index (χ3n) is 3.31. The van der Waals surface area contributed by atoms with Crippen molar-refractivity contribution in [2.24, 2.45) is 0 Å². The van der Waals surface area contributed by atoms with Crippen molar-refractivity contribution in [3.63, 3.8) is 0 Å². The van der Waals surface area contributed by atoms with Crippen LogP contribution < -0.4 is 5.32 Å². The summed E-state index contributed by atoms with van der Waals surface area (Å²) in [5.41, 5.74) is 0.0121. The number of rotatable bonds is 4. The van der Waals surface area contributed by atoms with Crippen molar-refractivity contribution in [1.82, 2.24) is 5.32 Å². The molecule has 23 heavy (non-hydrogen) atoms. The molecule has 0 saturated heterocycles. The van der Waals surface area contributed by atoms with Crippen molar-refractivity contribution in [2.75, 3.05) is 0 Å². The van der Waals surface area contributed by atoms with Crippen molar-refractivity contribution < 1.29 is 23.1 Å². The van der Waals surface area contributed by atoms with Gasteiger partial charge in [0, 0.05) is 0 Å². The standard InChI is InChI=1S/C16H13ClF3NO2/c1-8(15(22)9-5-6-11(18)13(20)7-9)21-16(23)10-3-2-4-12(19)14(10)17/h2-8,15,22H,1H3,(H,21,23). The summed E-state index contributed by atoms with van der Waals surface area (Å²) in [6.45, 7) is 1.47. The lowest BCUT2D eigenvalue weighted by molar-refractivity contribution is 0.0851. The Balaban J connectivity index is 2.14. The fraction of sp³-hybridized carbons (Fsp3) is 0.188. The molecule has 2 unspecified atom stereocenters. The first-order chi connectivity index (χ1) is 10.8. The predicted octanol–water partition coefficient (Wildman–Crippen LogP) is 3.61. The highest BCUT2D eigenvalue weighted by molar-refractivity contribution is 6.34. The Morgan fingerprint density at radius 1 is 1.13 bits per heavy atom. The van der Waals surface area contributed by atoms with Gasteiger partial charge >= 0.3 is 0 Å². The van der Waals surface area contributed by atoms with Crippen LogP contribution in [0.2, 0.25) is 5.02 Å². The molecule has 0 heterocycles. The van der Waals surface area contributed by atoms with E-state index < -0.39 is 35.5 Å². The zero-order chi connectivity index (χ0) is 17.1. The van der Waals surface area contributed by atoms with Crippen LogP contribution in [0.4, 0.5) is 13.2 Å². The lowest BCUT2D eigenvalue weighted by Gasteiger charge is -2.21. The number of hydrogen-bond acceptors (Lipinski definition) is 2. The maximum atomic E-state index is 13.3. The minimum Gasteiger partial charge on any atom is -0.386 e. The zero-order valence-electron chi connectivity index (χ0n) is 12.0. The SMILES string of the molecule is CC(NC(=O)c1cccc(F)c1Cl)C(O)c1ccc(F)c(F)c1. The van der Waals surface area contributed by atoms with Crippen molar-refractivity contribution in [3.05, 3.63) is 70.0 Å². The first-order valence-corrected chi connectivity index (χ1v) is 7.07. The second kappa shape index (κ2) is 7.02. The smallest absolute Gasteiger partial charge is 0.253 e. The van der Waals surface area contributed by atoms with E-state index in [1.54, 1.807) is 0 Å². The summed E-state index contributed by atoms with van der Waals surface area (Å²) in [5.74, 6) is -3.57. The molecule has 0 bridgehead atoms. The van der Waals surface area contributed by atoms with Gasteiger partial charge in [0.15, 0.2) is 11.6 Å². The normalized spacial score (nSPS) is 13.5. The van der Waals surface area contributed by atoms with Crippen LogP contribution in [0.1, 0.15) is 28.9 Å². The number of hydrogen-bond donors (Lipinski definition) is 2. The van der Waals surface area contributed by atoms with Crippen molar-refractivity contribution in [3.8, 4) is 0 Å². The Bertz CT molecular complexity index is 739. The minimum atomic E-state index is -1.28. The van der Waals surface area contributed by atoms with E-state index in [-0.39, 0.29) is 16.1 Å². The van der Waals surface area contributed by atoms with E-state index in [0.717, 1.165) is 18.2 Å². The molecule has 1 amide bonds. The van der Waals surface area contributed by atoms with Crippen LogP contribution in [-0.4, -0.2) is 17.1 Å². The number of halogens is 4. The van der Waals surface area contributed by atoms with Crippen LogP contribution in [0.15, 0.2) is 36.4 Å². The number of nitrogens with one attached hydrogen (secondary N) is 1. The number of benzene rings is 2. The van der Waals surface area contributed by atoms with Gasteiger partial charge in [-0.3, -0.25) is 4.79 Å². The third-order valence-corrected chi connectivity index (χ3v) is 3.70. The van der Waals surface area contributed by atoms with Crippen molar-refractivity contribution in [2.45, 2.75) is 19.1 Å². The monoisotopic (exact) mass is 343 g/mol. The third kappa shape index (κ3) is 3.83. The molecule has 2 aromatic carbocycles. The maximum absolute atomic E-state index is 13.3. The molecule has 0 aliphatic carbocycles. The summed E-state index contributed by atoms with van der Waals surface area (Å²) < 4.78 is 39.4. The van der Waals surface area contributed by atoms with Gasteiger partial charge in [-0.2, -0.15) is 0 Å². The highest BCUT2D eigenvalue weighted by Gasteiger charge is 2.22. The molecule has 2 N–H and O–H groups in total. The summed E-state index contributed by atoms with van der Waals surface area (Å²) in [6, 6.07) is 5.86. The molecule has 0 fully saturated rings. The number of carbonyl (C=O) groups excluding carboxylic acids is 1. The van der Waals surface area contributed by atoms with E-state index in [2.05, 4.69) is 5.32 Å². The van der Waals surface area contributed by atoms with Crippen LogP contribution in [0.3, 0.4) is 0 Å². The van der Waals surface area contributed by atoms with Crippen molar-refractivity contribution in [1.29, 1.82) is 0 Å². The average Bonchev–Trinajstić information content (AvgIpc) is 2.51. The Morgan fingerprint density at radius 3 is 2.48 bits per heavy atom. The van der Waals surface area contributed by atoms with Gasteiger partial charge in [-0.15, -0.1) is 0 Å². The summed E-state index contributed by atoms with van der Waals surface area (Å²) in [5, 5.41) is 12.2. The van der Waals surface area contributed by atoms with E-state index >= 15 is 0 Å². The summed E-state index contributed by atoms with van der Waals surface area (Å²) in [7, 11) is 0. The second-order valence-electron chi connectivity index (χ2n) is 4.98. The first-order valence-electron chi connectivity index (χ1n) is 6.69. The fourth-order valence-electron chi connectivity index (χ4n) is 2.03. The van der Waals surface area contributed by atoms with Crippen LogP contribution >= 0.6 is 11.6 Å². The van der Waals surface area contributed by atoms with Crippen LogP contribution in [0, 0.1) is 17.5 Å². The zero-order valence-corrected chi connectivity index (χ0v) is 12.7. The Hall–Kier alpha value is -2.05. The summed E-state index contributed by atoms with van der Waals surface area (Å²) in [4.78, 5) is 12.1. The molecule has 0 aliphatic rings. The van der Waals surface area contributed by atoms with Gasteiger partial charge in [0.2, 0.25) is 0 Å². The fourth-order valence-corrected chi connectivity index (χ4v) is 2.24. The van der Waals surface area contributed by atoms with Gasteiger partial charge < -0.3 is 10.4 Å². The largest absolute Gasteiger partial charge is 0.386 e. The van der Waals surface area contributed by atoms with Gasteiger partial charge in [0.25, 0.3) is 5.91 Å². The molecule has 3 nitrogen and oxygen atoms in total. The highest BCUT2D eigenvalue weighted by atomic mass is 35.5. The van der Waals surface area contributed by atoms with Gasteiger partial charge in [-0.05, 0) is 36.8 Å². The number of carbonyl (C=O) groups is 1. The molecule has 0 aliphatic heterocycles. The van der Waals surface area contributed by atoms with E-state index in [0.29, 0.717) is 0 Å². The van der Waals surface area contributed by atoms with Gasteiger partial charge in [0.1, 0.15) is 5.82 Å². The molecule has 122 valence electrons. The van der Waals surface area contributed by atoms with Gasteiger partial charge in [-0.1, -0.05) is 23.7 Å². The Kier molecular flexibility index (Phi) is 5.28. The molecule has 2 aromatic rings. The quantitative estimate of drug-likeness (QED) is 0.891. The summed E-state index contributed by atoms with van der Waals surface area (Å²) in [6.07, 6.45) is -1.28. The number of aliphatic hydroxyl groups excluding tert-OH is 1. The van der Waals surface area contributed by atoms with E-state index in [1.807, 2.05) is 0 Å². The van der Waals surface area contributed by atoms with E-state index in [1.165, 1.54) is 25.1 Å². The van der Waals surface area contributed by atoms with Gasteiger partial charge in [-0.25, -0.2) is 13.2 Å². The molecule has 0 radical (unpaired) electrons. The van der Waals surface area contributed by atoms with E-state index in [4.69, 9.17) is 11.6 Å². The van der Waals surface area contributed by atoms with Gasteiger partial charge in [0.05, 0.1) is 22.7 Å². The highest BCUT2D eigenvalue weighted by Crippen LogP contribution is 2.22.